The van der Waals surface area contributed by atoms with Crippen LogP contribution in [0.15, 0.2) is 84.9 Å². The highest BCUT2D eigenvalue weighted by Gasteiger charge is 2.32. The van der Waals surface area contributed by atoms with Gasteiger partial charge in [0.25, 0.3) is 0 Å². The summed E-state index contributed by atoms with van der Waals surface area (Å²) in [7, 11) is 0. The van der Waals surface area contributed by atoms with Gasteiger partial charge >= 0.3 is 0 Å². The SMILES string of the molecule is OCCC/C(=C(\c1ccccc1)c1ccc(C2CCN(C3CC3)CC2)cc1)c1ccccc1. The van der Waals surface area contributed by atoms with Crippen LogP contribution in [0.4, 0.5) is 0 Å². The average molecular weight is 438 g/mol. The molecular formula is C31H35NO. The van der Waals surface area contributed by atoms with Gasteiger partial charge in [0.1, 0.15) is 0 Å². The fraction of sp³-hybridized carbons (Fsp3) is 0.355. The molecule has 1 saturated heterocycles. The third-order valence-electron chi connectivity index (χ3n) is 7.33. The third kappa shape index (κ3) is 5.29. The van der Waals surface area contributed by atoms with E-state index in [1.807, 2.05) is 0 Å². The molecule has 2 nitrogen and oxygen atoms in total. The molecule has 0 spiro atoms. The van der Waals surface area contributed by atoms with E-state index in [1.165, 1.54) is 72.2 Å². The zero-order valence-electron chi connectivity index (χ0n) is 19.5. The molecule has 1 aliphatic carbocycles. The van der Waals surface area contributed by atoms with Crippen LogP contribution in [0.25, 0.3) is 11.1 Å². The van der Waals surface area contributed by atoms with Crippen molar-refractivity contribution in [3.63, 3.8) is 0 Å². The van der Waals surface area contributed by atoms with Crippen LogP contribution >= 0.6 is 0 Å². The second kappa shape index (κ2) is 10.5. The number of piperidine rings is 1. The zero-order valence-corrected chi connectivity index (χ0v) is 19.5. The van der Waals surface area contributed by atoms with Crippen molar-refractivity contribution in [2.24, 2.45) is 0 Å². The number of benzene rings is 3. The molecule has 0 unspecified atom stereocenters. The van der Waals surface area contributed by atoms with Gasteiger partial charge in [0.15, 0.2) is 0 Å². The van der Waals surface area contributed by atoms with E-state index in [-0.39, 0.29) is 6.61 Å². The summed E-state index contributed by atoms with van der Waals surface area (Å²) in [6, 6.07) is 31.7. The summed E-state index contributed by atoms with van der Waals surface area (Å²) in [5.74, 6) is 0.682. The minimum absolute atomic E-state index is 0.205. The van der Waals surface area contributed by atoms with Crippen LogP contribution in [0.1, 0.15) is 66.7 Å². The largest absolute Gasteiger partial charge is 0.396 e. The number of rotatable bonds is 8. The Morgan fingerprint density at radius 3 is 1.85 bits per heavy atom. The average Bonchev–Trinajstić information content (AvgIpc) is 3.74. The zero-order chi connectivity index (χ0) is 22.5. The van der Waals surface area contributed by atoms with E-state index in [0.29, 0.717) is 5.92 Å². The lowest BCUT2D eigenvalue weighted by molar-refractivity contribution is 0.203. The Kier molecular flexibility index (Phi) is 7.04. The molecule has 0 amide bonds. The lowest BCUT2D eigenvalue weighted by Crippen LogP contribution is -2.34. The topological polar surface area (TPSA) is 23.5 Å². The smallest absolute Gasteiger partial charge is 0.0434 e. The summed E-state index contributed by atoms with van der Waals surface area (Å²) in [6.07, 6.45) is 7.00. The first-order chi connectivity index (χ1) is 16.3. The lowest BCUT2D eigenvalue weighted by Gasteiger charge is -2.32. The van der Waals surface area contributed by atoms with Gasteiger partial charge in [-0.3, -0.25) is 0 Å². The van der Waals surface area contributed by atoms with E-state index >= 15 is 0 Å². The first-order valence-electron chi connectivity index (χ1n) is 12.6. The molecule has 170 valence electrons. The molecule has 2 aliphatic rings. The van der Waals surface area contributed by atoms with Gasteiger partial charge < -0.3 is 10.0 Å². The molecule has 0 radical (unpaired) electrons. The van der Waals surface area contributed by atoms with Crippen LogP contribution in [-0.2, 0) is 0 Å². The maximum atomic E-state index is 9.60. The molecule has 2 heteroatoms. The minimum Gasteiger partial charge on any atom is -0.396 e. The first kappa shape index (κ1) is 22.1. The molecule has 3 aromatic rings. The fourth-order valence-corrected chi connectivity index (χ4v) is 5.39. The Labute approximate surface area is 198 Å². The van der Waals surface area contributed by atoms with Crippen LogP contribution in [0.5, 0.6) is 0 Å². The van der Waals surface area contributed by atoms with Gasteiger partial charge in [-0.15, -0.1) is 0 Å². The number of allylic oxidation sites excluding steroid dienone is 1. The Bertz CT molecular complexity index is 1040. The van der Waals surface area contributed by atoms with Crippen molar-refractivity contribution < 1.29 is 5.11 Å². The van der Waals surface area contributed by atoms with Gasteiger partial charge in [0.05, 0.1) is 0 Å². The summed E-state index contributed by atoms with van der Waals surface area (Å²) in [6.45, 7) is 2.72. The monoisotopic (exact) mass is 437 g/mol. The van der Waals surface area contributed by atoms with Crippen molar-refractivity contribution in [2.75, 3.05) is 19.7 Å². The Morgan fingerprint density at radius 1 is 0.697 bits per heavy atom. The van der Waals surface area contributed by atoms with Crippen LogP contribution in [0, 0.1) is 0 Å². The second-order valence-electron chi connectivity index (χ2n) is 9.58. The molecule has 5 rings (SSSR count). The van der Waals surface area contributed by atoms with Crippen molar-refractivity contribution >= 4 is 11.1 Å². The minimum atomic E-state index is 0.205. The Hall–Kier alpha value is -2.68. The molecule has 1 aliphatic heterocycles. The summed E-state index contributed by atoms with van der Waals surface area (Å²) in [4.78, 5) is 2.70. The van der Waals surface area contributed by atoms with E-state index in [0.717, 1.165) is 18.9 Å². The van der Waals surface area contributed by atoms with Crippen LogP contribution in [0.2, 0.25) is 0 Å². The number of likely N-dealkylation sites (tertiary alicyclic amines) is 1. The van der Waals surface area contributed by atoms with E-state index in [2.05, 4.69) is 89.8 Å². The summed E-state index contributed by atoms with van der Waals surface area (Å²) >= 11 is 0. The fourth-order valence-electron chi connectivity index (χ4n) is 5.39. The van der Waals surface area contributed by atoms with Crippen LogP contribution in [0.3, 0.4) is 0 Å². The molecule has 1 heterocycles. The molecule has 0 aromatic heterocycles. The Morgan fingerprint density at radius 2 is 1.27 bits per heavy atom. The first-order valence-corrected chi connectivity index (χ1v) is 12.6. The molecule has 3 aromatic carbocycles. The summed E-state index contributed by atoms with van der Waals surface area (Å²) in [5.41, 5.74) is 7.81. The van der Waals surface area contributed by atoms with Crippen molar-refractivity contribution in [3.8, 4) is 0 Å². The van der Waals surface area contributed by atoms with Crippen LogP contribution < -0.4 is 0 Å². The van der Waals surface area contributed by atoms with Crippen LogP contribution in [-0.4, -0.2) is 35.7 Å². The highest BCUT2D eigenvalue weighted by atomic mass is 16.2. The number of hydrogen-bond acceptors (Lipinski definition) is 2. The molecule has 33 heavy (non-hydrogen) atoms. The predicted octanol–water partition coefficient (Wildman–Crippen LogP) is 6.76. The summed E-state index contributed by atoms with van der Waals surface area (Å²) in [5, 5.41) is 9.60. The molecule has 0 bridgehead atoms. The molecule has 2 fully saturated rings. The van der Waals surface area contributed by atoms with E-state index in [1.54, 1.807) is 0 Å². The van der Waals surface area contributed by atoms with Gasteiger partial charge in [-0.25, -0.2) is 0 Å². The van der Waals surface area contributed by atoms with Crippen molar-refractivity contribution in [3.05, 3.63) is 107 Å². The van der Waals surface area contributed by atoms with E-state index < -0.39 is 0 Å². The highest BCUT2D eigenvalue weighted by molar-refractivity contribution is 5.98. The standard InChI is InChI=1S/C31H35NO/c33-23-7-12-30(26-8-3-1-4-9-26)31(27-10-5-2-6-11-27)28-15-13-24(14-16-28)25-19-21-32(22-20-25)29-17-18-29/h1-6,8-11,13-16,25,29,33H,7,12,17-23H2/b31-30-. The highest BCUT2D eigenvalue weighted by Crippen LogP contribution is 2.37. The Balaban J connectivity index is 1.48. The maximum absolute atomic E-state index is 9.60. The normalized spacial score (nSPS) is 18.2. The number of hydrogen-bond donors (Lipinski definition) is 1. The van der Waals surface area contributed by atoms with E-state index in [9.17, 15) is 5.11 Å². The van der Waals surface area contributed by atoms with Gasteiger partial charge in [0, 0.05) is 12.6 Å². The second-order valence-corrected chi connectivity index (χ2v) is 9.58. The van der Waals surface area contributed by atoms with Crippen molar-refractivity contribution in [2.45, 2.75) is 50.5 Å². The maximum Gasteiger partial charge on any atom is 0.0434 e. The van der Waals surface area contributed by atoms with E-state index in [4.69, 9.17) is 0 Å². The van der Waals surface area contributed by atoms with Gasteiger partial charge in [-0.05, 0) is 90.9 Å². The lowest BCUT2D eigenvalue weighted by atomic mass is 9.85. The number of aliphatic hydroxyl groups excluding tert-OH is 1. The van der Waals surface area contributed by atoms with Crippen molar-refractivity contribution in [1.82, 2.24) is 4.90 Å². The van der Waals surface area contributed by atoms with Gasteiger partial charge in [0.2, 0.25) is 0 Å². The molecule has 1 saturated carbocycles. The van der Waals surface area contributed by atoms with Gasteiger partial charge in [-0.1, -0.05) is 84.9 Å². The third-order valence-corrected chi connectivity index (χ3v) is 7.33. The quantitative estimate of drug-likeness (QED) is 0.394. The summed E-state index contributed by atoms with van der Waals surface area (Å²) < 4.78 is 0. The predicted molar refractivity (Wildman–Crippen MR) is 138 cm³/mol. The molecule has 0 atom stereocenters. The number of nitrogens with zero attached hydrogens (tertiary/aromatic N) is 1. The number of aliphatic hydroxyl groups is 1. The molecular weight excluding hydrogens is 402 g/mol. The van der Waals surface area contributed by atoms with Gasteiger partial charge in [-0.2, -0.15) is 0 Å². The molecule has 1 N–H and O–H groups in total. The van der Waals surface area contributed by atoms with Crippen molar-refractivity contribution in [1.29, 1.82) is 0 Å².